The van der Waals surface area contributed by atoms with Gasteiger partial charge >= 0.3 is 41.8 Å². The van der Waals surface area contributed by atoms with E-state index in [9.17, 15) is 47.9 Å². The Hall–Kier alpha value is -3.69. The topological polar surface area (TPSA) is 388 Å². The first-order valence-corrected chi connectivity index (χ1v) is 19.8. The Labute approximate surface area is 360 Å². The molecule has 6 unspecified atom stereocenters. The Kier molecular flexibility index (Phi) is 59.6. The van der Waals surface area contributed by atoms with E-state index in [1.807, 2.05) is 0 Å². The fourth-order valence-corrected chi connectivity index (χ4v) is 3.23. The molecule has 0 aromatic carbocycles. The standard InChI is InChI=1S/2C8H15O4P.C7H12O4.2C3H4O4.C3H9O2P.C2H6O2/c2*1-6(9)5-7(10)12-8(11-2)3-4-13;1-5(8)4-7(9)11-6(2)10-3;2*4-2(5)1-3(6)7;4-3(5)1-2-6;1-2(3)4/h2*8H,3-5,13H2,1-2H3;6H,4H2,1-3H3;2*1H2,(H,4,5)(H,6,7);3-5H,1-2,6H2;2-4H,1H3. The molecule has 0 saturated carbocycles. The number of aliphatic carboxylic acids is 4. The number of carboxylic acid groups (broad SMARTS) is 4. The van der Waals surface area contributed by atoms with Crippen molar-refractivity contribution >= 4 is 86.9 Å². The highest BCUT2D eigenvalue weighted by atomic mass is 31.0. The van der Waals surface area contributed by atoms with Gasteiger partial charge in [0.25, 0.3) is 0 Å². The van der Waals surface area contributed by atoms with Crippen molar-refractivity contribution in [3.05, 3.63) is 0 Å². The van der Waals surface area contributed by atoms with Gasteiger partial charge in [0, 0.05) is 40.6 Å². The SMILES string of the molecule is CC(O)O.COC(C)OC(=O)CC(C)=O.COC(CCP)OC(=O)CC(C)=O.COC(CCP)OC(=O)CC(C)=O.O=C(O)CC(=O)O.O=C(O)CC(=O)O.OC(O)CCP. The molecule has 0 amide bonds. The van der Waals surface area contributed by atoms with E-state index in [2.05, 4.69) is 37.2 Å². The van der Waals surface area contributed by atoms with Crippen LogP contribution in [0.1, 0.15) is 86.0 Å². The fourth-order valence-electron chi connectivity index (χ4n) is 2.39. The van der Waals surface area contributed by atoms with Crippen molar-refractivity contribution in [1.29, 1.82) is 0 Å². The number of ether oxygens (including phenoxy) is 6. The van der Waals surface area contributed by atoms with Gasteiger partial charge in [-0.25, -0.2) is 0 Å². The molecule has 0 fully saturated rings. The Morgan fingerprint density at radius 3 is 0.820 bits per heavy atom. The third kappa shape index (κ3) is 88.5. The van der Waals surface area contributed by atoms with E-state index in [0.717, 1.165) is 18.5 Å². The smallest absolute Gasteiger partial charge is 0.315 e. The minimum atomic E-state index is -1.31. The van der Waals surface area contributed by atoms with E-state index in [0.29, 0.717) is 19.3 Å². The predicted molar refractivity (Wildman–Crippen MR) is 222 cm³/mol. The predicted octanol–water partition coefficient (Wildman–Crippen LogP) is -0.0354. The maximum Gasteiger partial charge on any atom is 0.315 e. The van der Waals surface area contributed by atoms with Gasteiger partial charge in [-0.05, 0) is 53.1 Å². The molecule has 0 saturated heterocycles. The van der Waals surface area contributed by atoms with E-state index in [1.165, 1.54) is 49.0 Å². The van der Waals surface area contributed by atoms with Crippen LogP contribution >= 0.6 is 27.7 Å². The van der Waals surface area contributed by atoms with E-state index < -0.39 is 86.1 Å². The van der Waals surface area contributed by atoms with Gasteiger partial charge in [-0.1, -0.05) is 0 Å². The quantitative estimate of drug-likeness (QED) is 0.0232. The van der Waals surface area contributed by atoms with Crippen LogP contribution in [-0.4, -0.2) is 171 Å². The van der Waals surface area contributed by atoms with Crippen LogP contribution in [0.15, 0.2) is 0 Å². The normalized spacial score (nSPS) is 10.8. The molecule has 0 heterocycles. The molecule has 0 aliphatic heterocycles. The average molecular weight is 951 g/mol. The number of Topliss-reactive ketones (excluding diaryl/α,β-unsaturated/α-hetero) is 3. The Bertz CT molecular complexity index is 1140. The van der Waals surface area contributed by atoms with Crippen molar-refractivity contribution in [1.82, 2.24) is 0 Å². The number of esters is 3. The van der Waals surface area contributed by atoms with Crippen molar-refractivity contribution in [2.24, 2.45) is 0 Å². The number of carboxylic acids is 4. The number of carbonyl (C=O) groups excluding carboxylic acids is 6. The lowest BCUT2D eigenvalue weighted by molar-refractivity contribution is -0.175. The summed E-state index contributed by atoms with van der Waals surface area (Å²) in [5, 5.41) is 62.2. The van der Waals surface area contributed by atoms with Crippen molar-refractivity contribution in [2.45, 2.75) is 117 Å². The minimum absolute atomic E-state index is 0.184. The maximum atomic E-state index is 11.0. The third-order valence-corrected chi connectivity index (χ3v) is 5.70. The molecular weight excluding hydrogens is 885 g/mol. The maximum absolute atomic E-state index is 11.0. The van der Waals surface area contributed by atoms with Gasteiger partial charge in [0.15, 0.2) is 12.6 Å². The number of ketones is 3. The first-order chi connectivity index (χ1) is 28.0. The number of carbonyl (C=O) groups is 10. The summed E-state index contributed by atoms with van der Waals surface area (Å²) in [6, 6.07) is 0. The largest absolute Gasteiger partial charge is 0.481 e. The van der Waals surface area contributed by atoms with E-state index in [1.54, 1.807) is 6.92 Å². The summed E-state index contributed by atoms with van der Waals surface area (Å²) in [6.45, 7) is 6.88. The van der Waals surface area contributed by atoms with Crippen LogP contribution in [0.4, 0.5) is 0 Å². The van der Waals surface area contributed by atoms with Crippen LogP contribution < -0.4 is 0 Å². The zero-order valence-corrected chi connectivity index (χ0v) is 39.0. The highest BCUT2D eigenvalue weighted by molar-refractivity contribution is 7.16. The molecule has 6 atom stereocenters. The summed E-state index contributed by atoms with van der Waals surface area (Å²) in [6.07, 6.45) is -2.12. The molecular formula is C34H65O24P3. The van der Waals surface area contributed by atoms with E-state index in [-0.39, 0.29) is 36.6 Å². The molecule has 0 spiro atoms. The number of methoxy groups -OCH3 is 3. The molecule has 0 rings (SSSR count). The molecule has 0 aromatic rings. The van der Waals surface area contributed by atoms with Crippen LogP contribution in [0.3, 0.4) is 0 Å². The fraction of sp³-hybridized carbons (Fsp3) is 0.706. The van der Waals surface area contributed by atoms with Crippen molar-refractivity contribution in [2.75, 3.05) is 39.8 Å². The van der Waals surface area contributed by atoms with Crippen LogP contribution in [0.25, 0.3) is 0 Å². The summed E-state index contributed by atoms with van der Waals surface area (Å²) >= 11 is 0. The summed E-state index contributed by atoms with van der Waals surface area (Å²) in [5.74, 6) is -7.47. The number of aliphatic hydroxyl groups is 4. The van der Waals surface area contributed by atoms with Gasteiger partial charge in [0.05, 0.1) is 0 Å². The molecule has 0 bridgehead atoms. The molecule has 360 valence electrons. The molecule has 27 heteroatoms. The molecule has 8 N–H and O–H groups in total. The van der Waals surface area contributed by atoms with Gasteiger partial charge in [-0.15, -0.1) is 27.7 Å². The first-order valence-electron chi connectivity index (χ1n) is 17.4. The zero-order chi connectivity index (χ0) is 49.7. The van der Waals surface area contributed by atoms with Gasteiger partial charge in [-0.3, -0.25) is 47.9 Å². The van der Waals surface area contributed by atoms with Gasteiger partial charge in [0.2, 0.25) is 12.6 Å². The molecule has 0 aliphatic carbocycles. The summed E-state index contributed by atoms with van der Waals surface area (Å²) in [5.41, 5.74) is 0. The second-order valence-corrected chi connectivity index (χ2v) is 12.7. The number of hydrogen-bond donors (Lipinski definition) is 8. The second kappa shape index (κ2) is 50.7. The van der Waals surface area contributed by atoms with Gasteiger partial charge < -0.3 is 69.3 Å². The third-order valence-electron chi connectivity index (χ3n) is 4.70. The van der Waals surface area contributed by atoms with E-state index in [4.69, 9.17) is 59.8 Å². The number of rotatable bonds is 22. The highest BCUT2D eigenvalue weighted by Crippen LogP contribution is 2.05. The van der Waals surface area contributed by atoms with Crippen LogP contribution in [-0.2, 0) is 76.4 Å². The molecule has 0 aliphatic rings. The lowest BCUT2D eigenvalue weighted by atomic mass is 10.3. The van der Waals surface area contributed by atoms with Crippen LogP contribution in [0.5, 0.6) is 0 Å². The Balaban J connectivity index is -0.000000115. The highest BCUT2D eigenvalue weighted by Gasteiger charge is 2.15. The molecule has 61 heavy (non-hydrogen) atoms. The van der Waals surface area contributed by atoms with Gasteiger partial charge in [-0.2, -0.15) is 0 Å². The van der Waals surface area contributed by atoms with Crippen molar-refractivity contribution in [3.8, 4) is 0 Å². The van der Waals surface area contributed by atoms with Crippen molar-refractivity contribution < 1.29 is 117 Å². The molecule has 24 nitrogen and oxygen atoms in total. The molecule has 0 aromatic heterocycles. The lowest BCUT2D eigenvalue weighted by Gasteiger charge is -2.14. The Morgan fingerprint density at radius 1 is 0.443 bits per heavy atom. The summed E-state index contributed by atoms with van der Waals surface area (Å²) < 4.78 is 28.7. The molecule has 0 radical (unpaired) electrons. The van der Waals surface area contributed by atoms with Gasteiger partial charge in [0.1, 0.15) is 55.7 Å². The van der Waals surface area contributed by atoms with Crippen molar-refractivity contribution in [3.63, 3.8) is 0 Å². The number of aliphatic hydroxyl groups excluding tert-OH is 2. The monoisotopic (exact) mass is 950 g/mol. The lowest BCUT2D eigenvalue weighted by Crippen LogP contribution is -2.21. The second-order valence-electron chi connectivity index (χ2n) is 11.0. The Morgan fingerprint density at radius 2 is 0.689 bits per heavy atom. The minimum Gasteiger partial charge on any atom is -0.481 e. The van der Waals surface area contributed by atoms with Crippen LogP contribution in [0, 0.1) is 0 Å². The first kappa shape index (κ1) is 71.8. The zero-order valence-electron chi connectivity index (χ0n) is 35.5. The average Bonchev–Trinajstić information content (AvgIpc) is 3.06. The van der Waals surface area contributed by atoms with Crippen LogP contribution in [0.2, 0.25) is 0 Å². The summed E-state index contributed by atoms with van der Waals surface area (Å²) in [4.78, 5) is 102. The number of hydrogen-bond acceptors (Lipinski definition) is 20. The van der Waals surface area contributed by atoms with E-state index >= 15 is 0 Å². The summed E-state index contributed by atoms with van der Waals surface area (Å²) in [7, 11) is 11.8.